The van der Waals surface area contributed by atoms with Crippen molar-refractivity contribution in [2.45, 2.75) is 18.1 Å². The Balaban J connectivity index is 1.85. The highest BCUT2D eigenvalue weighted by Gasteiger charge is 2.23. The summed E-state index contributed by atoms with van der Waals surface area (Å²) in [7, 11) is 0. The summed E-state index contributed by atoms with van der Waals surface area (Å²) in [5, 5.41) is 0.691. The minimum Gasteiger partial charge on any atom is -0.410 e. The number of para-hydroxylation sites is 1. The van der Waals surface area contributed by atoms with Crippen molar-refractivity contribution in [1.82, 2.24) is 4.90 Å². The van der Waals surface area contributed by atoms with Crippen LogP contribution in [0.4, 0.5) is 4.79 Å². The molecule has 0 bridgehead atoms. The molecule has 0 aromatic heterocycles. The molecular weight excluding hydrogens is 234 g/mol. The molecule has 17 heavy (non-hydrogen) atoms. The lowest BCUT2D eigenvalue weighted by Crippen LogP contribution is -2.40. The van der Waals surface area contributed by atoms with Crippen molar-refractivity contribution < 1.29 is 9.53 Å². The van der Waals surface area contributed by atoms with Gasteiger partial charge in [-0.3, -0.25) is 0 Å². The summed E-state index contributed by atoms with van der Waals surface area (Å²) < 4.78 is 5.30. The summed E-state index contributed by atoms with van der Waals surface area (Å²) in [4.78, 5) is 13.7. The van der Waals surface area contributed by atoms with Crippen LogP contribution in [0.3, 0.4) is 0 Å². The summed E-state index contributed by atoms with van der Waals surface area (Å²) in [6, 6.07) is 9.23. The molecule has 3 nitrogen and oxygen atoms in total. The molecule has 0 unspecified atom stereocenters. The van der Waals surface area contributed by atoms with Gasteiger partial charge in [0.25, 0.3) is 0 Å². The van der Waals surface area contributed by atoms with Crippen molar-refractivity contribution in [3.63, 3.8) is 0 Å². The summed E-state index contributed by atoms with van der Waals surface area (Å²) >= 11 is 1.88. The summed E-state index contributed by atoms with van der Waals surface area (Å²) in [6.07, 6.45) is 4.02. The van der Waals surface area contributed by atoms with Gasteiger partial charge in [0.1, 0.15) is 5.75 Å². The number of carbonyl (C=O) groups excluding carboxylic acids is 1. The predicted octanol–water partition coefficient (Wildman–Crippen LogP) is 3.01. The van der Waals surface area contributed by atoms with Crippen LogP contribution >= 0.6 is 11.8 Å². The molecule has 0 spiro atoms. The Morgan fingerprint density at radius 1 is 1.29 bits per heavy atom. The number of benzene rings is 1. The average molecular weight is 251 g/mol. The lowest BCUT2D eigenvalue weighted by Gasteiger charge is -2.30. The number of likely N-dealkylation sites (tertiary alicyclic amines) is 1. The zero-order valence-electron chi connectivity index (χ0n) is 9.96. The molecule has 1 heterocycles. The Bertz CT molecular complexity index is 361. The molecule has 0 aliphatic carbocycles. The lowest BCUT2D eigenvalue weighted by molar-refractivity contribution is 0.143. The monoisotopic (exact) mass is 251 g/mol. The van der Waals surface area contributed by atoms with E-state index in [9.17, 15) is 4.79 Å². The molecule has 1 aliphatic rings. The van der Waals surface area contributed by atoms with Gasteiger partial charge in [-0.05, 0) is 31.2 Å². The van der Waals surface area contributed by atoms with Crippen LogP contribution in [0.1, 0.15) is 12.8 Å². The highest BCUT2D eigenvalue weighted by Crippen LogP contribution is 2.21. The number of piperidine rings is 1. The van der Waals surface area contributed by atoms with E-state index >= 15 is 0 Å². The van der Waals surface area contributed by atoms with Gasteiger partial charge in [-0.1, -0.05) is 18.2 Å². The summed E-state index contributed by atoms with van der Waals surface area (Å²) in [6.45, 7) is 1.61. The molecule has 1 aliphatic heterocycles. The Labute approximate surface area is 106 Å². The first-order chi connectivity index (χ1) is 8.29. The second-order valence-electron chi connectivity index (χ2n) is 4.10. The second-order valence-corrected chi connectivity index (χ2v) is 5.24. The maximum Gasteiger partial charge on any atom is 0.415 e. The molecule has 92 valence electrons. The minimum atomic E-state index is -0.226. The van der Waals surface area contributed by atoms with Gasteiger partial charge in [0.05, 0.1) is 0 Å². The van der Waals surface area contributed by atoms with Crippen molar-refractivity contribution in [1.29, 1.82) is 0 Å². The third-order valence-corrected chi connectivity index (χ3v) is 4.12. The van der Waals surface area contributed by atoms with Gasteiger partial charge in [-0.25, -0.2) is 4.79 Å². The van der Waals surface area contributed by atoms with E-state index in [2.05, 4.69) is 6.26 Å². The van der Waals surface area contributed by atoms with Gasteiger partial charge in [0, 0.05) is 18.3 Å². The van der Waals surface area contributed by atoms with Crippen LogP contribution < -0.4 is 4.74 Å². The van der Waals surface area contributed by atoms with E-state index in [1.807, 2.05) is 30.0 Å². The van der Waals surface area contributed by atoms with Crippen molar-refractivity contribution in [2.24, 2.45) is 0 Å². The van der Waals surface area contributed by atoms with Crippen LogP contribution in [-0.2, 0) is 0 Å². The molecule has 0 saturated carbocycles. The van der Waals surface area contributed by atoms with Crippen LogP contribution in [0.5, 0.6) is 5.75 Å². The molecule has 1 amide bonds. The summed E-state index contributed by atoms with van der Waals surface area (Å²) in [5.41, 5.74) is 0. The standard InChI is InChI=1S/C13H17NO2S/c1-17-12-7-9-14(10-8-12)13(15)16-11-5-3-2-4-6-11/h2-6,12H,7-10H2,1H3. The molecule has 1 fully saturated rings. The van der Waals surface area contributed by atoms with E-state index in [0.717, 1.165) is 25.9 Å². The largest absolute Gasteiger partial charge is 0.415 e. The minimum absolute atomic E-state index is 0.226. The molecule has 2 rings (SSSR count). The van der Waals surface area contributed by atoms with Gasteiger partial charge >= 0.3 is 6.09 Å². The maximum atomic E-state index is 11.9. The predicted molar refractivity (Wildman–Crippen MR) is 70.6 cm³/mol. The molecule has 0 N–H and O–H groups in total. The van der Waals surface area contributed by atoms with E-state index in [1.165, 1.54) is 0 Å². The SMILES string of the molecule is CSC1CCN(C(=O)Oc2ccccc2)CC1. The van der Waals surface area contributed by atoms with Gasteiger partial charge in [-0.15, -0.1) is 0 Å². The molecule has 0 radical (unpaired) electrons. The van der Waals surface area contributed by atoms with Crippen LogP contribution in [0, 0.1) is 0 Å². The van der Waals surface area contributed by atoms with Crippen molar-refractivity contribution in [2.75, 3.05) is 19.3 Å². The van der Waals surface area contributed by atoms with E-state index in [1.54, 1.807) is 17.0 Å². The van der Waals surface area contributed by atoms with Crippen molar-refractivity contribution in [3.8, 4) is 5.75 Å². The number of rotatable bonds is 2. The summed E-state index contributed by atoms with van der Waals surface area (Å²) in [5.74, 6) is 0.615. The number of hydrogen-bond acceptors (Lipinski definition) is 3. The zero-order chi connectivity index (χ0) is 12.1. The molecule has 0 atom stereocenters. The van der Waals surface area contributed by atoms with Gasteiger partial charge < -0.3 is 9.64 Å². The van der Waals surface area contributed by atoms with Crippen LogP contribution in [0.2, 0.25) is 0 Å². The normalized spacial score (nSPS) is 16.9. The Morgan fingerprint density at radius 2 is 1.94 bits per heavy atom. The average Bonchev–Trinajstić information content (AvgIpc) is 2.40. The molecule has 1 aromatic rings. The van der Waals surface area contributed by atoms with Crippen LogP contribution in [0.15, 0.2) is 30.3 Å². The first-order valence-corrected chi connectivity index (χ1v) is 7.13. The third kappa shape index (κ3) is 3.40. The molecule has 4 heteroatoms. The number of nitrogens with zero attached hydrogens (tertiary/aromatic N) is 1. The maximum absolute atomic E-state index is 11.9. The van der Waals surface area contributed by atoms with E-state index in [0.29, 0.717) is 11.0 Å². The lowest BCUT2D eigenvalue weighted by atomic mass is 10.1. The molecule has 1 saturated heterocycles. The van der Waals surface area contributed by atoms with Gasteiger partial charge in [0.2, 0.25) is 0 Å². The fourth-order valence-electron chi connectivity index (χ4n) is 1.93. The van der Waals surface area contributed by atoms with Crippen molar-refractivity contribution in [3.05, 3.63) is 30.3 Å². The Morgan fingerprint density at radius 3 is 2.53 bits per heavy atom. The second kappa shape index (κ2) is 5.96. The van der Waals surface area contributed by atoms with E-state index < -0.39 is 0 Å². The number of carbonyl (C=O) groups is 1. The fraction of sp³-hybridized carbons (Fsp3) is 0.462. The first-order valence-electron chi connectivity index (χ1n) is 5.84. The van der Waals surface area contributed by atoms with Gasteiger partial charge in [0.15, 0.2) is 0 Å². The smallest absolute Gasteiger partial charge is 0.410 e. The van der Waals surface area contributed by atoms with E-state index in [4.69, 9.17) is 4.74 Å². The van der Waals surface area contributed by atoms with Crippen molar-refractivity contribution >= 4 is 17.9 Å². The fourth-order valence-corrected chi connectivity index (χ4v) is 2.61. The number of hydrogen-bond donors (Lipinski definition) is 0. The Kier molecular flexibility index (Phi) is 4.31. The number of ether oxygens (including phenoxy) is 1. The zero-order valence-corrected chi connectivity index (χ0v) is 10.8. The third-order valence-electron chi connectivity index (χ3n) is 2.98. The van der Waals surface area contributed by atoms with Crippen LogP contribution in [-0.4, -0.2) is 35.6 Å². The van der Waals surface area contributed by atoms with Gasteiger partial charge in [-0.2, -0.15) is 11.8 Å². The molecule has 1 aromatic carbocycles. The number of amides is 1. The Hall–Kier alpha value is -1.16. The quantitative estimate of drug-likeness (QED) is 0.809. The first kappa shape index (κ1) is 12.3. The topological polar surface area (TPSA) is 29.5 Å². The number of thioether (sulfide) groups is 1. The molecular formula is C13H17NO2S. The highest BCUT2D eigenvalue weighted by molar-refractivity contribution is 7.99. The van der Waals surface area contributed by atoms with Crippen LogP contribution in [0.25, 0.3) is 0 Å². The highest BCUT2D eigenvalue weighted by atomic mass is 32.2. The van der Waals surface area contributed by atoms with E-state index in [-0.39, 0.29) is 6.09 Å².